The van der Waals surface area contributed by atoms with Gasteiger partial charge in [-0.15, -0.1) is 6.58 Å². The number of aliphatic carboxylic acids is 1. The number of hydrogen-bond acceptors (Lipinski definition) is 5. The first-order chi connectivity index (χ1) is 8.45. The Labute approximate surface area is 104 Å². The molecule has 0 atom stereocenters. The van der Waals surface area contributed by atoms with Crippen LogP contribution in [-0.2, 0) is 4.79 Å². The first-order valence-corrected chi connectivity index (χ1v) is 5.14. The zero-order valence-corrected chi connectivity index (χ0v) is 9.87. The quantitative estimate of drug-likeness (QED) is 0.466. The van der Waals surface area contributed by atoms with Gasteiger partial charge in [-0.3, -0.25) is 14.9 Å². The van der Waals surface area contributed by atoms with Gasteiger partial charge in [-0.1, -0.05) is 6.08 Å². The minimum Gasteiger partial charge on any atom is -0.480 e. The van der Waals surface area contributed by atoms with Crippen LogP contribution in [0.15, 0.2) is 24.9 Å². The van der Waals surface area contributed by atoms with Crippen LogP contribution < -0.4 is 4.90 Å². The van der Waals surface area contributed by atoms with Crippen molar-refractivity contribution in [2.45, 2.75) is 6.92 Å². The third-order valence-corrected chi connectivity index (χ3v) is 2.16. The van der Waals surface area contributed by atoms with Gasteiger partial charge >= 0.3 is 11.7 Å². The predicted molar refractivity (Wildman–Crippen MR) is 65.7 cm³/mol. The van der Waals surface area contributed by atoms with E-state index in [1.807, 2.05) is 0 Å². The lowest BCUT2D eigenvalue weighted by Crippen LogP contribution is -2.31. The zero-order valence-electron chi connectivity index (χ0n) is 9.87. The van der Waals surface area contributed by atoms with Gasteiger partial charge in [0.15, 0.2) is 0 Å². The smallest absolute Gasteiger partial charge is 0.323 e. The number of nitrogens with zero attached hydrogens (tertiary/aromatic N) is 3. The molecule has 0 radical (unpaired) electrons. The third kappa shape index (κ3) is 3.27. The number of rotatable bonds is 6. The molecule has 1 aromatic heterocycles. The number of nitro groups is 1. The van der Waals surface area contributed by atoms with Crippen LogP contribution in [0.1, 0.15) is 5.56 Å². The summed E-state index contributed by atoms with van der Waals surface area (Å²) in [4.78, 5) is 26.3. The highest BCUT2D eigenvalue weighted by Gasteiger charge is 2.22. The highest BCUT2D eigenvalue weighted by atomic mass is 16.6. The molecular weight excluding hydrogens is 238 g/mol. The van der Waals surface area contributed by atoms with Crippen LogP contribution in [0.25, 0.3) is 0 Å². The normalized spacial score (nSPS) is 9.83. The molecule has 0 amide bonds. The first-order valence-electron chi connectivity index (χ1n) is 5.14. The van der Waals surface area contributed by atoms with Crippen molar-refractivity contribution in [1.29, 1.82) is 0 Å². The number of anilines is 1. The van der Waals surface area contributed by atoms with Crippen molar-refractivity contribution >= 4 is 17.5 Å². The molecule has 1 rings (SSSR count). The monoisotopic (exact) mass is 251 g/mol. The Morgan fingerprint density at radius 2 is 2.39 bits per heavy atom. The van der Waals surface area contributed by atoms with Crippen LogP contribution >= 0.6 is 0 Å². The standard InChI is InChI=1S/C11H13N3O4/c1-3-4-13(7-10(15)16)11-9(14(17)18)5-8(2)6-12-11/h3,5-6H,1,4,7H2,2H3,(H,15,16). The van der Waals surface area contributed by atoms with Crippen molar-refractivity contribution < 1.29 is 14.8 Å². The molecule has 0 saturated carbocycles. The van der Waals surface area contributed by atoms with Gasteiger partial charge in [0.05, 0.1) is 4.92 Å². The number of carboxylic acids is 1. The zero-order chi connectivity index (χ0) is 13.7. The summed E-state index contributed by atoms with van der Waals surface area (Å²) in [5.74, 6) is -1.05. The Morgan fingerprint density at radius 1 is 1.72 bits per heavy atom. The van der Waals surface area contributed by atoms with Gasteiger partial charge in [0.25, 0.3) is 0 Å². The Hall–Kier alpha value is -2.44. The van der Waals surface area contributed by atoms with Crippen molar-refractivity contribution in [3.63, 3.8) is 0 Å². The summed E-state index contributed by atoms with van der Waals surface area (Å²) in [5, 5.41) is 19.7. The lowest BCUT2D eigenvalue weighted by Gasteiger charge is -2.19. The maximum Gasteiger partial charge on any atom is 0.323 e. The minimum absolute atomic E-state index is 0.0351. The van der Waals surface area contributed by atoms with Gasteiger partial charge in [-0.05, 0) is 12.5 Å². The molecule has 7 heteroatoms. The summed E-state index contributed by atoms with van der Waals surface area (Å²) < 4.78 is 0. The Kier molecular flexibility index (Phi) is 4.36. The second-order valence-electron chi connectivity index (χ2n) is 3.68. The van der Waals surface area contributed by atoms with E-state index in [1.54, 1.807) is 6.92 Å². The molecular formula is C11H13N3O4. The van der Waals surface area contributed by atoms with Crippen molar-refractivity contribution in [2.24, 2.45) is 0 Å². The lowest BCUT2D eigenvalue weighted by atomic mass is 10.2. The molecule has 0 fully saturated rings. The third-order valence-electron chi connectivity index (χ3n) is 2.16. The van der Waals surface area contributed by atoms with Gasteiger partial charge < -0.3 is 10.0 Å². The van der Waals surface area contributed by atoms with E-state index in [0.29, 0.717) is 5.56 Å². The highest BCUT2D eigenvalue weighted by Crippen LogP contribution is 2.26. The molecule has 18 heavy (non-hydrogen) atoms. The van der Waals surface area contributed by atoms with E-state index in [0.717, 1.165) is 0 Å². The summed E-state index contributed by atoms with van der Waals surface area (Å²) in [6, 6.07) is 1.36. The van der Waals surface area contributed by atoms with Crippen LogP contribution in [0.3, 0.4) is 0 Å². The molecule has 0 bridgehead atoms. The second-order valence-corrected chi connectivity index (χ2v) is 3.68. The van der Waals surface area contributed by atoms with E-state index in [9.17, 15) is 14.9 Å². The Balaban J connectivity index is 3.21. The fraction of sp³-hybridized carbons (Fsp3) is 0.273. The average molecular weight is 251 g/mol. The molecule has 0 aliphatic rings. The van der Waals surface area contributed by atoms with Crippen molar-refractivity contribution in [3.8, 4) is 0 Å². The van der Waals surface area contributed by atoms with Crippen molar-refractivity contribution in [2.75, 3.05) is 18.0 Å². The molecule has 0 aromatic carbocycles. The number of carbonyl (C=O) groups is 1. The summed E-state index contributed by atoms with van der Waals surface area (Å²) in [6.45, 7) is 4.97. The summed E-state index contributed by atoms with van der Waals surface area (Å²) in [7, 11) is 0. The molecule has 0 aliphatic carbocycles. The number of aromatic nitrogens is 1. The summed E-state index contributed by atoms with van der Waals surface area (Å²) in [6.07, 6.45) is 2.93. The topological polar surface area (TPSA) is 96.6 Å². The summed E-state index contributed by atoms with van der Waals surface area (Å²) >= 11 is 0. The molecule has 1 aromatic rings. The van der Waals surface area contributed by atoms with Gasteiger partial charge in [0.2, 0.25) is 5.82 Å². The van der Waals surface area contributed by atoms with E-state index >= 15 is 0 Å². The van der Waals surface area contributed by atoms with E-state index in [-0.39, 0.29) is 24.6 Å². The molecule has 0 unspecified atom stereocenters. The second kappa shape index (κ2) is 5.76. The van der Waals surface area contributed by atoms with Crippen LogP contribution in [0.5, 0.6) is 0 Å². The first kappa shape index (κ1) is 13.6. The highest BCUT2D eigenvalue weighted by molar-refractivity contribution is 5.75. The lowest BCUT2D eigenvalue weighted by molar-refractivity contribution is -0.384. The average Bonchev–Trinajstić information content (AvgIpc) is 2.27. The predicted octanol–water partition coefficient (Wildman–Crippen LogP) is 1.38. The molecule has 7 nitrogen and oxygen atoms in total. The molecule has 0 saturated heterocycles. The number of carboxylic acid groups (broad SMARTS) is 1. The SMILES string of the molecule is C=CCN(CC(=O)O)c1ncc(C)cc1[N+](=O)[O-]. The van der Waals surface area contributed by atoms with Crippen LogP contribution in [0.4, 0.5) is 11.5 Å². The van der Waals surface area contributed by atoms with Gasteiger partial charge in [0, 0.05) is 18.8 Å². The maximum atomic E-state index is 10.9. The minimum atomic E-state index is -1.09. The van der Waals surface area contributed by atoms with Gasteiger partial charge in [0.1, 0.15) is 6.54 Å². The van der Waals surface area contributed by atoms with Crippen LogP contribution in [0, 0.1) is 17.0 Å². The van der Waals surface area contributed by atoms with Crippen molar-refractivity contribution in [3.05, 3.63) is 40.6 Å². The Morgan fingerprint density at radius 3 is 2.89 bits per heavy atom. The van der Waals surface area contributed by atoms with Crippen LogP contribution in [-0.4, -0.2) is 34.1 Å². The summed E-state index contributed by atoms with van der Waals surface area (Å²) in [5.41, 5.74) is 0.428. The van der Waals surface area contributed by atoms with E-state index in [4.69, 9.17) is 5.11 Å². The van der Waals surface area contributed by atoms with E-state index < -0.39 is 10.9 Å². The van der Waals surface area contributed by atoms with E-state index in [2.05, 4.69) is 11.6 Å². The van der Waals surface area contributed by atoms with Gasteiger partial charge in [-0.25, -0.2) is 4.98 Å². The van der Waals surface area contributed by atoms with Crippen LogP contribution in [0.2, 0.25) is 0 Å². The largest absolute Gasteiger partial charge is 0.480 e. The molecule has 1 N–H and O–H groups in total. The maximum absolute atomic E-state index is 10.9. The number of hydrogen-bond donors (Lipinski definition) is 1. The molecule has 0 spiro atoms. The molecule has 1 heterocycles. The fourth-order valence-electron chi connectivity index (χ4n) is 1.47. The number of pyridine rings is 1. The van der Waals surface area contributed by atoms with E-state index in [1.165, 1.54) is 23.2 Å². The van der Waals surface area contributed by atoms with Gasteiger partial charge in [-0.2, -0.15) is 0 Å². The number of aryl methyl sites for hydroxylation is 1. The molecule has 0 aliphatic heterocycles. The van der Waals surface area contributed by atoms with Crippen molar-refractivity contribution in [1.82, 2.24) is 4.98 Å². The molecule has 96 valence electrons. The fourth-order valence-corrected chi connectivity index (χ4v) is 1.47. The Bertz CT molecular complexity index is 487.